The molecule has 0 radical (unpaired) electrons. The molecule has 174 valence electrons. The Kier molecular flexibility index (Phi) is 5.72. The molecule has 0 aromatic heterocycles. The lowest BCUT2D eigenvalue weighted by atomic mass is 9.49. The van der Waals surface area contributed by atoms with E-state index in [0.29, 0.717) is 18.0 Å². The van der Waals surface area contributed by atoms with Crippen LogP contribution in [0.2, 0.25) is 0 Å². The Balaban J connectivity index is 1.22. The molecule has 1 amide bonds. The zero-order valence-corrected chi connectivity index (χ0v) is 19.9. The number of nitrogens with zero attached hydrogens (tertiary/aromatic N) is 1. The van der Waals surface area contributed by atoms with E-state index in [4.69, 9.17) is 0 Å². The Morgan fingerprint density at radius 1 is 0.781 bits per heavy atom. The molecular formula is C29H42N2O. The number of amides is 1. The van der Waals surface area contributed by atoms with Gasteiger partial charge in [-0.2, -0.15) is 0 Å². The van der Waals surface area contributed by atoms with Crippen molar-refractivity contribution < 1.29 is 4.79 Å². The SMILES string of the molecule is O=C(Nc1cccc(N(C2CCCCC2)C2CCCCC2)c1)C12CC3CC(CC(C3)C1)C2. The lowest BCUT2D eigenvalue weighted by Gasteiger charge is -2.55. The van der Waals surface area contributed by atoms with Gasteiger partial charge in [-0.25, -0.2) is 0 Å². The minimum absolute atomic E-state index is 0.0722. The van der Waals surface area contributed by atoms with E-state index < -0.39 is 0 Å². The van der Waals surface area contributed by atoms with Gasteiger partial charge in [0.05, 0.1) is 5.41 Å². The maximum atomic E-state index is 13.6. The molecule has 1 N–H and O–H groups in total. The van der Waals surface area contributed by atoms with E-state index >= 15 is 0 Å². The molecule has 6 saturated carbocycles. The van der Waals surface area contributed by atoms with Crippen LogP contribution in [0.15, 0.2) is 24.3 Å². The van der Waals surface area contributed by atoms with Crippen LogP contribution in [0, 0.1) is 23.2 Å². The van der Waals surface area contributed by atoms with Crippen molar-refractivity contribution in [1.29, 1.82) is 0 Å². The van der Waals surface area contributed by atoms with Crippen LogP contribution in [-0.2, 0) is 4.79 Å². The number of rotatable bonds is 5. The van der Waals surface area contributed by atoms with Gasteiger partial charge in [-0.05, 0) is 100 Å². The molecule has 1 aromatic rings. The van der Waals surface area contributed by atoms with E-state index in [0.717, 1.165) is 42.7 Å². The Morgan fingerprint density at radius 2 is 1.31 bits per heavy atom. The van der Waals surface area contributed by atoms with Gasteiger partial charge in [0.2, 0.25) is 5.91 Å². The summed E-state index contributed by atoms with van der Waals surface area (Å²) in [6, 6.07) is 10.3. The third kappa shape index (κ3) is 3.99. The van der Waals surface area contributed by atoms with Gasteiger partial charge in [-0.15, -0.1) is 0 Å². The highest BCUT2D eigenvalue weighted by Gasteiger charge is 2.54. The molecule has 1 aromatic carbocycles. The zero-order chi connectivity index (χ0) is 21.5. The smallest absolute Gasteiger partial charge is 0.230 e. The Morgan fingerprint density at radius 3 is 1.84 bits per heavy atom. The molecule has 0 heterocycles. The second-order valence-electron chi connectivity index (χ2n) is 12.2. The maximum absolute atomic E-state index is 13.6. The molecule has 4 bridgehead atoms. The van der Waals surface area contributed by atoms with E-state index in [1.54, 1.807) is 0 Å². The van der Waals surface area contributed by atoms with Crippen LogP contribution in [0.3, 0.4) is 0 Å². The average molecular weight is 435 g/mol. The summed E-state index contributed by atoms with van der Waals surface area (Å²) in [5, 5.41) is 3.43. The molecule has 0 atom stereocenters. The van der Waals surface area contributed by atoms with Crippen molar-refractivity contribution in [3.05, 3.63) is 24.3 Å². The molecule has 0 spiro atoms. The zero-order valence-electron chi connectivity index (χ0n) is 19.9. The molecule has 32 heavy (non-hydrogen) atoms. The first kappa shape index (κ1) is 21.1. The van der Waals surface area contributed by atoms with Gasteiger partial charge in [-0.1, -0.05) is 44.6 Å². The molecule has 6 fully saturated rings. The van der Waals surface area contributed by atoms with Gasteiger partial charge < -0.3 is 10.2 Å². The third-order valence-electron chi connectivity index (χ3n) is 9.86. The third-order valence-corrected chi connectivity index (χ3v) is 9.86. The van der Waals surface area contributed by atoms with E-state index in [1.165, 1.54) is 89.2 Å². The minimum atomic E-state index is -0.0722. The number of carbonyl (C=O) groups is 1. The number of carbonyl (C=O) groups excluding carboxylic acids is 1. The van der Waals surface area contributed by atoms with E-state index in [1.807, 2.05) is 0 Å². The fourth-order valence-electron chi connectivity index (χ4n) is 8.83. The standard InChI is InChI=1S/C29H42N2O/c32-28(29-18-21-14-22(19-29)16-23(15-21)20-29)30-24-8-7-13-27(17-24)31(25-9-3-1-4-10-25)26-11-5-2-6-12-26/h7-8,13,17,21-23,25-26H,1-6,9-12,14-16,18-20H2,(H,30,32). The summed E-state index contributed by atoms with van der Waals surface area (Å²) in [6.45, 7) is 0. The number of anilines is 2. The summed E-state index contributed by atoms with van der Waals surface area (Å²) in [5.74, 6) is 2.76. The normalized spacial score (nSPS) is 35.1. The minimum Gasteiger partial charge on any atom is -0.366 e. The first-order chi connectivity index (χ1) is 15.7. The van der Waals surface area contributed by atoms with Crippen molar-refractivity contribution >= 4 is 17.3 Å². The average Bonchev–Trinajstić information content (AvgIpc) is 2.80. The van der Waals surface area contributed by atoms with Crippen molar-refractivity contribution in [3.8, 4) is 0 Å². The van der Waals surface area contributed by atoms with E-state index in [-0.39, 0.29) is 5.41 Å². The Hall–Kier alpha value is -1.51. The van der Waals surface area contributed by atoms with E-state index in [9.17, 15) is 4.79 Å². The lowest BCUT2D eigenvalue weighted by Crippen LogP contribution is -2.51. The van der Waals surface area contributed by atoms with Gasteiger partial charge in [0.15, 0.2) is 0 Å². The summed E-state index contributed by atoms with van der Waals surface area (Å²) in [6.07, 6.45) is 21.2. The van der Waals surface area contributed by atoms with E-state index in [2.05, 4.69) is 34.5 Å². The largest absolute Gasteiger partial charge is 0.366 e. The number of hydrogen-bond acceptors (Lipinski definition) is 2. The highest BCUT2D eigenvalue weighted by atomic mass is 16.2. The highest BCUT2D eigenvalue weighted by molar-refractivity contribution is 5.96. The number of hydrogen-bond donors (Lipinski definition) is 1. The quantitative estimate of drug-likeness (QED) is 0.527. The maximum Gasteiger partial charge on any atom is 0.230 e. The van der Waals surface area contributed by atoms with Crippen LogP contribution < -0.4 is 10.2 Å². The summed E-state index contributed by atoms with van der Waals surface area (Å²) >= 11 is 0. The molecule has 6 aliphatic rings. The van der Waals surface area contributed by atoms with Crippen LogP contribution in [0.4, 0.5) is 11.4 Å². The van der Waals surface area contributed by atoms with Gasteiger partial charge in [0.1, 0.15) is 0 Å². The molecule has 6 aliphatic carbocycles. The van der Waals surface area contributed by atoms with Crippen LogP contribution in [0.25, 0.3) is 0 Å². The first-order valence-electron chi connectivity index (χ1n) is 13.9. The Bertz CT molecular complexity index is 767. The summed E-state index contributed by atoms with van der Waals surface area (Å²) in [4.78, 5) is 16.4. The molecule has 3 nitrogen and oxygen atoms in total. The van der Waals surface area contributed by atoms with Gasteiger partial charge >= 0.3 is 0 Å². The van der Waals surface area contributed by atoms with Crippen LogP contribution in [0.1, 0.15) is 103 Å². The second-order valence-corrected chi connectivity index (χ2v) is 12.2. The van der Waals surface area contributed by atoms with Crippen molar-refractivity contribution in [1.82, 2.24) is 0 Å². The predicted octanol–water partition coefficient (Wildman–Crippen LogP) is 7.31. The van der Waals surface area contributed by atoms with Gasteiger partial charge in [0.25, 0.3) is 0 Å². The predicted molar refractivity (Wildman–Crippen MR) is 132 cm³/mol. The molecule has 0 unspecified atom stereocenters. The highest BCUT2D eigenvalue weighted by Crippen LogP contribution is 2.60. The van der Waals surface area contributed by atoms with Gasteiger partial charge in [0, 0.05) is 23.5 Å². The Labute approximate surface area is 194 Å². The van der Waals surface area contributed by atoms with Crippen molar-refractivity contribution in [3.63, 3.8) is 0 Å². The van der Waals surface area contributed by atoms with Crippen molar-refractivity contribution in [2.45, 2.75) is 115 Å². The topological polar surface area (TPSA) is 32.3 Å². The fraction of sp³-hybridized carbons (Fsp3) is 0.759. The molecule has 7 rings (SSSR count). The fourth-order valence-corrected chi connectivity index (χ4v) is 8.83. The number of nitrogens with one attached hydrogen (secondary N) is 1. The van der Waals surface area contributed by atoms with Crippen LogP contribution >= 0.6 is 0 Å². The summed E-state index contributed by atoms with van der Waals surface area (Å²) in [5.41, 5.74) is 2.31. The summed E-state index contributed by atoms with van der Waals surface area (Å²) < 4.78 is 0. The van der Waals surface area contributed by atoms with Crippen molar-refractivity contribution in [2.24, 2.45) is 23.2 Å². The molecular weight excluding hydrogens is 392 g/mol. The summed E-state index contributed by atoms with van der Waals surface area (Å²) in [7, 11) is 0. The monoisotopic (exact) mass is 434 g/mol. The van der Waals surface area contributed by atoms with Crippen LogP contribution in [-0.4, -0.2) is 18.0 Å². The van der Waals surface area contributed by atoms with Crippen LogP contribution in [0.5, 0.6) is 0 Å². The lowest BCUT2D eigenvalue weighted by molar-refractivity contribution is -0.140. The second kappa shape index (κ2) is 8.69. The van der Waals surface area contributed by atoms with Crippen molar-refractivity contribution in [2.75, 3.05) is 10.2 Å². The molecule has 0 aliphatic heterocycles. The molecule has 3 heteroatoms. The first-order valence-corrected chi connectivity index (χ1v) is 13.9. The van der Waals surface area contributed by atoms with Gasteiger partial charge in [-0.3, -0.25) is 4.79 Å². The molecule has 0 saturated heterocycles. The number of benzene rings is 1.